The summed E-state index contributed by atoms with van der Waals surface area (Å²) in [4.78, 5) is 23.8. The Hall–Kier alpha value is -2.16. The van der Waals surface area contributed by atoms with Crippen molar-refractivity contribution in [3.63, 3.8) is 0 Å². The first-order chi connectivity index (χ1) is 13.4. The number of fused-ring (bicyclic) bond motifs is 1. The highest BCUT2D eigenvalue weighted by Crippen LogP contribution is 2.39. The van der Waals surface area contributed by atoms with Gasteiger partial charge in [-0.05, 0) is 32.8 Å². The molecule has 0 radical (unpaired) electrons. The number of hydrogen-bond donors (Lipinski definition) is 1. The van der Waals surface area contributed by atoms with Crippen LogP contribution in [0.4, 0.5) is 4.79 Å². The summed E-state index contributed by atoms with van der Waals surface area (Å²) in [5.41, 5.74) is 0.902. The molecule has 2 aliphatic rings. The maximum Gasteiger partial charge on any atom is 0.407 e. The van der Waals surface area contributed by atoms with Gasteiger partial charge in [0, 0.05) is 0 Å². The molecule has 1 amide bonds. The summed E-state index contributed by atoms with van der Waals surface area (Å²) < 4.78 is 27.8. The van der Waals surface area contributed by atoms with Crippen molar-refractivity contribution in [1.29, 1.82) is 0 Å². The molecule has 0 aromatic heterocycles. The van der Waals surface area contributed by atoms with E-state index in [0.717, 1.165) is 5.56 Å². The number of nitrogens with one attached hydrogen (secondary N) is 1. The minimum atomic E-state index is -0.796. The summed E-state index contributed by atoms with van der Waals surface area (Å²) in [5, 5.41) is 2.84. The number of esters is 1. The van der Waals surface area contributed by atoms with E-state index < -0.39 is 24.0 Å². The maximum absolute atomic E-state index is 12.2. The molecule has 1 aliphatic carbocycles. The van der Waals surface area contributed by atoms with Crippen molar-refractivity contribution in [2.75, 3.05) is 13.2 Å². The summed E-state index contributed by atoms with van der Waals surface area (Å²) in [6, 6.07) is 9.09. The Labute approximate surface area is 164 Å². The molecule has 1 saturated carbocycles. The number of hydrogen-bond acceptors (Lipinski definition) is 7. The van der Waals surface area contributed by atoms with E-state index >= 15 is 0 Å². The topological polar surface area (TPSA) is 92.3 Å². The standard InChI is InChI=1S/C20H27NO7/c1-4-24-16(22)12-25-15-10-14(17-18(15)28-20(2,3)27-17)21-19(23)26-11-13-8-6-5-7-9-13/h5-9,14-15,17-18H,4,10-12H2,1-3H3,(H,21,23)/t14-,15+,17+,18-/m1/s1. The number of carbonyl (C=O) groups excluding carboxylic acids is 2. The molecule has 8 nitrogen and oxygen atoms in total. The van der Waals surface area contributed by atoms with Gasteiger partial charge in [0.25, 0.3) is 0 Å². The van der Waals surface area contributed by atoms with Crippen molar-refractivity contribution in [2.24, 2.45) is 0 Å². The lowest BCUT2D eigenvalue weighted by molar-refractivity contribution is -0.172. The predicted molar refractivity (Wildman–Crippen MR) is 98.4 cm³/mol. The Morgan fingerprint density at radius 3 is 2.57 bits per heavy atom. The second-order valence-electron chi connectivity index (χ2n) is 7.27. The molecule has 1 aromatic carbocycles. The molecule has 1 saturated heterocycles. The maximum atomic E-state index is 12.2. The SMILES string of the molecule is CCOC(=O)CO[C@H]1C[C@@H](NC(=O)OCc2ccccc2)[C@@H]2OC(C)(C)O[C@@H]21. The lowest BCUT2D eigenvalue weighted by Crippen LogP contribution is -2.43. The predicted octanol–water partition coefficient (Wildman–Crippen LogP) is 2.15. The van der Waals surface area contributed by atoms with Gasteiger partial charge in [-0.1, -0.05) is 30.3 Å². The molecular formula is C20H27NO7. The fourth-order valence-corrected chi connectivity index (χ4v) is 3.53. The van der Waals surface area contributed by atoms with Crippen molar-refractivity contribution in [2.45, 2.75) is 63.9 Å². The molecular weight excluding hydrogens is 366 g/mol. The number of ether oxygens (including phenoxy) is 5. The molecule has 0 spiro atoms. The highest BCUT2D eigenvalue weighted by molar-refractivity contribution is 5.70. The quantitative estimate of drug-likeness (QED) is 0.710. The van der Waals surface area contributed by atoms with Gasteiger partial charge in [-0.25, -0.2) is 9.59 Å². The van der Waals surface area contributed by atoms with Crippen LogP contribution in [0, 0.1) is 0 Å². The average Bonchev–Trinajstić information content (AvgIpc) is 3.13. The normalized spacial score (nSPS) is 27.8. The Balaban J connectivity index is 1.56. The van der Waals surface area contributed by atoms with Crippen molar-refractivity contribution < 1.29 is 33.3 Å². The molecule has 28 heavy (non-hydrogen) atoms. The molecule has 1 heterocycles. The van der Waals surface area contributed by atoms with Crippen LogP contribution in [0.15, 0.2) is 30.3 Å². The van der Waals surface area contributed by atoms with Gasteiger partial charge in [-0.2, -0.15) is 0 Å². The molecule has 154 valence electrons. The van der Waals surface area contributed by atoms with Gasteiger partial charge in [0.1, 0.15) is 25.4 Å². The van der Waals surface area contributed by atoms with Crippen molar-refractivity contribution in [3.8, 4) is 0 Å². The number of amides is 1. The van der Waals surface area contributed by atoms with Crippen molar-refractivity contribution in [3.05, 3.63) is 35.9 Å². The lowest BCUT2D eigenvalue weighted by Gasteiger charge is -2.23. The monoisotopic (exact) mass is 393 g/mol. The molecule has 4 atom stereocenters. The molecule has 2 fully saturated rings. The first kappa shape index (κ1) is 20.6. The molecule has 1 N–H and O–H groups in total. The third-order valence-electron chi connectivity index (χ3n) is 4.65. The first-order valence-corrected chi connectivity index (χ1v) is 9.48. The van der Waals surface area contributed by atoms with Crippen LogP contribution >= 0.6 is 0 Å². The first-order valence-electron chi connectivity index (χ1n) is 9.48. The lowest BCUT2D eigenvalue weighted by atomic mass is 10.2. The summed E-state index contributed by atoms with van der Waals surface area (Å²) in [6.07, 6.45) is -1.25. The minimum absolute atomic E-state index is 0.170. The van der Waals surface area contributed by atoms with E-state index in [1.54, 1.807) is 20.8 Å². The Bertz CT molecular complexity index is 678. The summed E-state index contributed by atoms with van der Waals surface area (Å²) in [5.74, 6) is -1.23. The van der Waals surface area contributed by atoms with Gasteiger partial charge in [0.15, 0.2) is 5.79 Å². The largest absolute Gasteiger partial charge is 0.464 e. The molecule has 1 aromatic rings. The van der Waals surface area contributed by atoms with E-state index in [1.165, 1.54) is 0 Å². The van der Waals surface area contributed by atoms with Gasteiger partial charge >= 0.3 is 12.1 Å². The van der Waals surface area contributed by atoms with E-state index in [1.807, 2.05) is 30.3 Å². The van der Waals surface area contributed by atoms with Crippen LogP contribution in [0.3, 0.4) is 0 Å². The van der Waals surface area contributed by atoms with Gasteiger partial charge in [-0.3, -0.25) is 0 Å². The average molecular weight is 393 g/mol. The van der Waals surface area contributed by atoms with Gasteiger partial charge < -0.3 is 29.0 Å². The van der Waals surface area contributed by atoms with Gasteiger partial charge in [0.05, 0.1) is 18.8 Å². The number of carbonyl (C=O) groups is 2. The number of rotatable bonds is 7. The van der Waals surface area contributed by atoms with Crippen molar-refractivity contribution >= 4 is 12.1 Å². The van der Waals surface area contributed by atoms with Crippen molar-refractivity contribution in [1.82, 2.24) is 5.32 Å². The Kier molecular flexibility index (Phi) is 6.53. The van der Waals surface area contributed by atoms with Crippen LogP contribution in [0.5, 0.6) is 0 Å². The summed E-state index contributed by atoms with van der Waals surface area (Å²) in [6.45, 7) is 5.65. The van der Waals surface area contributed by atoms with Crippen LogP contribution < -0.4 is 5.32 Å². The summed E-state index contributed by atoms with van der Waals surface area (Å²) >= 11 is 0. The second kappa shape index (κ2) is 8.89. The zero-order valence-corrected chi connectivity index (χ0v) is 16.4. The molecule has 0 bridgehead atoms. The van der Waals surface area contributed by atoms with E-state index in [2.05, 4.69) is 5.32 Å². The molecule has 0 unspecified atom stereocenters. The van der Waals surface area contributed by atoms with Crippen LogP contribution in [0.1, 0.15) is 32.8 Å². The van der Waals surface area contributed by atoms with E-state index in [0.29, 0.717) is 13.0 Å². The number of alkyl carbamates (subject to hydrolysis) is 1. The smallest absolute Gasteiger partial charge is 0.407 e. The molecule has 3 rings (SSSR count). The highest BCUT2D eigenvalue weighted by Gasteiger charge is 2.55. The van der Waals surface area contributed by atoms with E-state index in [-0.39, 0.29) is 31.5 Å². The third-order valence-corrected chi connectivity index (χ3v) is 4.65. The fourth-order valence-electron chi connectivity index (χ4n) is 3.53. The third kappa shape index (κ3) is 5.21. The zero-order chi connectivity index (χ0) is 20.1. The van der Waals surface area contributed by atoms with E-state index in [4.69, 9.17) is 23.7 Å². The van der Waals surface area contributed by atoms with Crippen LogP contribution in [-0.4, -0.2) is 55.4 Å². The van der Waals surface area contributed by atoms with Crippen LogP contribution in [0.2, 0.25) is 0 Å². The van der Waals surface area contributed by atoms with Gasteiger partial charge in [-0.15, -0.1) is 0 Å². The van der Waals surface area contributed by atoms with Gasteiger partial charge in [0.2, 0.25) is 0 Å². The molecule has 1 aliphatic heterocycles. The Morgan fingerprint density at radius 1 is 1.14 bits per heavy atom. The molecule has 8 heteroatoms. The minimum Gasteiger partial charge on any atom is -0.464 e. The number of benzene rings is 1. The fraction of sp³-hybridized carbons (Fsp3) is 0.600. The second-order valence-corrected chi connectivity index (χ2v) is 7.27. The van der Waals surface area contributed by atoms with E-state index in [9.17, 15) is 9.59 Å². The summed E-state index contributed by atoms with van der Waals surface area (Å²) in [7, 11) is 0. The Morgan fingerprint density at radius 2 is 1.86 bits per heavy atom. The highest BCUT2D eigenvalue weighted by atomic mass is 16.8. The zero-order valence-electron chi connectivity index (χ0n) is 16.4. The van der Waals surface area contributed by atoms with Crippen LogP contribution in [0.25, 0.3) is 0 Å². The van der Waals surface area contributed by atoms with Crippen LogP contribution in [-0.2, 0) is 35.1 Å².